The number of benzene rings is 4. The van der Waals surface area contributed by atoms with E-state index in [-0.39, 0.29) is 11.5 Å². The van der Waals surface area contributed by atoms with Crippen LogP contribution in [0.25, 0.3) is 21.9 Å². The van der Waals surface area contributed by atoms with Gasteiger partial charge in [0.25, 0.3) is 0 Å². The van der Waals surface area contributed by atoms with E-state index in [1.54, 1.807) is 24.3 Å². The normalized spacial score (nSPS) is 15.9. The highest BCUT2D eigenvalue weighted by atomic mass is 16.5. The molecule has 0 saturated carbocycles. The van der Waals surface area contributed by atoms with E-state index in [1.165, 1.54) is 30.4 Å². The lowest BCUT2D eigenvalue weighted by Gasteiger charge is -2.23. The fourth-order valence-corrected chi connectivity index (χ4v) is 4.88. The standard InChI is InChI=1S/C30H31NO3/c32-25-9-6-22(7-10-25)28-14-8-23-20-26(33)11-15-29(23)30(28)19-21-4-12-27(13-5-21)34-18-16-24-3-1-2-17-31-24/h4-15,20,24,31-33H,1-3,16-19H2. The molecule has 4 aromatic rings. The molecule has 1 unspecified atom stereocenters. The molecule has 1 heterocycles. The first-order valence-electron chi connectivity index (χ1n) is 12.1. The average molecular weight is 454 g/mol. The van der Waals surface area contributed by atoms with Gasteiger partial charge in [-0.2, -0.15) is 0 Å². The van der Waals surface area contributed by atoms with Crippen LogP contribution in [0.15, 0.2) is 78.9 Å². The van der Waals surface area contributed by atoms with Crippen molar-refractivity contribution in [2.75, 3.05) is 13.2 Å². The summed E-state index contributed by atoms with van der Waals surface area (Å²) in [7, 11) is 0. The molecule has 1 aliphatic rings. The predicted octanol–water partition coefficient (Wildman–Crippen LogP) is 6.42. The number of fused-ring (bicyclic) bond motifs is 1. The second-order valence-corrected chi connectivity index (χ2v) is 9.15. The fraction of sp³-hybridized carbons (Fsp3) is 0.267. The fourth-order valence-electron chi connectivity index (χ4n) is 4.88. The molecule has 174 valence electrons. The maximum atomic E-state index is 9.97. The van der Waals surface area contributed by atoms with E-state index in [0.29, 0.717) is 6.04 Å². The Balaban J connectivity index is 1.36. The van der Waals surface area contributed by atoms with Gasteiger partial charge in [-0.3, -0.25) is 0 Å². The summed E-state index contributed by atoms with van der Waals surface area (Å²) in [6.07, 6.45) is 5.64. The maximum Gasteiger partial charge on any atom is 0.119 e. The van der Waals surface area contributed by atoms with Crippen LogP contribution in [0.2, 0.25) is 0 Å². The molecule has 1 saturated heterocycles. The van der Waals surface area contributed by atoms with Gasteiger partial charge in [-0.05, 0) is 102 Å². The Hall–Kier alpha value is -3.50. The van der Waals surface area contributed by atoms with Crippen molar-refractivity contribution < 1.29 is 14.9 Å². The van der Waals surface area contributed by atoms with Gasteiger partial charge in [0, 0.05) is 6.04 Å². The minimum absolute atomic E-state index is 0.255. The second-order valence-electron chi connectivity index (χ2n) is 9.15. The van der Waals surface area contributed by atoms with Gasteiger partial charge in [-0.1, -0.05) is 48.9 Å². The largest absolute Gasteiger partial charge is 0.508 e. The lowest BCUT2D eigenvalue weighted by atomic mass is 9.90. The van der Waals surface area contributed by atoms with Gasteiger partial charge in [-0.25, -0.2) is 0 Å². The Kier molecular flexibility index (Phi) is 6.68. The molecule has 4 aromatic carbocycles. The SMILES string of the molecule is Oc1ccc(-c2ccc3cc(O)ccc3c2Cc2ccc(OCCC3CCCCN3)cc2)cc1. The van der Waals surface area contributed by atoms with Crippen molar-refractivity contribution in [1.29, 1.82) is 0 Å². The third-order valence-electron chi connectivity index (χ3n) is 6.74. The molecule has 0 radical (unpaired) electrons. The maximum absolute atomic E-state index is 9.97. The Labute approximate surface area is 200 Å². The molecule has 0 aliphatic carbocycles. The van der Waals surface area contributed by atoms with Crippen molar-refractivity contribution in [2.24, 2.45) is 0 Å². The molecule has 0 amide bonds. The van der Waals surface area contributed by atoms with Gasteiger partial charge < -0.3 is 20.3 Å². The van der Waals surface area contributed by atoms with Crippen LogP contribution in [0.3, 0.4) is 0 Å². The van der Waals surface area contributed by atoms with E-state index in [0.717, 1.165) is 53.6 Å². The van der Waals surface area contributed by atoms with Crippen LogP contribution in [0.4, 0.5) is 0 Å². The highest BCUT2D eigenvalue weighted by Crippen LogP contribution is 2.34. The number of nitrogens with one attached hydrogen (secondary N) is 1. The zero-order chi connectivity index (χ0) is 23.3. The zero-order valence-electron chi connectivity index (χ0n) is 19.3. The summed E-state index contributed by atoms with van der Waals surface area (Å²) in [4.78, 5) is 0. The van der Waals surface area contributed by atoms with Crippen LogP contribution in [0, 0.1) is 0 Å². The first-order valence-corrected chi connectivity index (χ1v) is 12.1. The molecule has 5 rings (SSSR count). The van der Waals surface area contributed by atoms with Crippen molar-refractivity contribution in [2.45, 2.75) is 38.1 Å². The third kappa shape index (κ3) is 5.18. The smallest absolute Gasteiger partial charge is 0.119 e. The molecule has 1 atom stereocenters. The third-order valence-corrected chi connectivity index (χ3v) is 6.74. The summed E-state index contributed by atoms with van der Waals surface area (Å²) < 4.78 is 6.01. The first kappa shape index (κ1) is 22.3. The topological polar surface area (TPSA) is 61.7 Å². The van der Waals surface area contributed by atoms with Crippen LogP contribution in [0.5, 0.6) is 17.2 Å². The molecule has 0 bridgehead atoms. The van der Waals surface area contributed by atoms with Crippen LogP contribution in [0.1, 0.15) is 36.8 Å². The zero-order valence-corrected chi connectivity index (χ0v) is 19.3. The van der Waals surface area contributed by atoms with Crippen LogP contribution >= 0.6 is 0 Å². The first-order chi connectivity index (χ1) is 16.7. The lowest BCUT2D eigenvalue weighted by molar-refractivity contribution is 0.268. The monoisotopic (exact) mass is 453 g/mol. The highest BCUT2D eigenvalue weighted by Gasteiger charge is 2.13. The molecular formula is C30H31NO3. The molecule has 0 aromatic heterocycles. The number of phenolic OH excluding ortho intramolecular Hbond substituents is 2. The van der Waals surface area contributed by atoms with Crippen molar-refractivity contribution in [3.63, 3.8) is 0 Å². The van der Waals surface area contributed by atoms with E-state index in [9.17, 15) is 10.2 Å². The number of aromatic hydroxyl groups is 2. The average Bonchev–Trinajstić information content (AvgIpc) is 2.86. The predicted molar refractivity (Wildman–Crippen MR) is 138 cm³/mol. The number of ether oxygens (including phenoxy) is 1. The van der Waals surface area contributed by atoms with Crippen molar-refractivity contribution in [3.8, 4) is 28.4 Å². The van der Waals surface area contributed by atoms with Gasteiger partial charge in [0.05, 0.1) is 6.61 Å². The van der Waals surface area contributed by atoms with E-state index in [4.69, 9.17) is 4.74 Å². The van der Waals surface area contributed by atoms with E-state index < -0.39 is 0 Å². The van der Waals surface area contributed by atoms with Gasteiger partial charge in [-0.15, -0.1) is 0 Å². The molecule has 34 heavy (non-hydrogen) atoms. The molecule has 3 N–H and O–H groups in total. The van der Waals surface area contributed by atoms with E-state index in [1.807, 2.05) is 24.3 Å². The molecule has 4 nitrogen and oxygen atoms in total. The number of piperidine rings is 1. The highest BCUT2D eigenvalue weighted by molar-refractivity contribution is 5.93. The lowest BCUT2D eigenvalue weighted by Crippen LogP contribution is -2.35. The van der Waals surface area contributed by atoms with Crippen molar-refractivity contribution in [1.82, 2.24) is 5.32 Å². The summed E-state index contributed by atoms with van der Waals surface area (Å²) in [6.45, 7) is 1.86. The van der Waals surface area contributed by atoms with Crippen LogP contribution in [-0.2, 0) is 6.42 Å². The second kappa shape index (κ2) is 10.2. The quantitative estimate of drug-likeness (QED) is 0.302. The minimum Gasteiger partial charge on any atom is -0.508 e. The summed E-state index contributed by atoms with van der Waals surface area (Å²) >= 11 is 0. The van der Waals surface area contributed by atoms with Crippen LogP contribution < -0.4 is 10.1 Å². The molecule has 1 aliphatic heterocycles. The summed E-state index contributed by atoms with van der Waals surface area (Å²) in [5.41, 5.74) is 4.57. The van der Waals surface area contributed by atoms with Gasteiger partial charge in [0.1, 0.15) is 17.2 Å². The van der Waals surface area contributed by atoms with Gasteiger partial charge in [0.2, 0.25) is 0 Å². The van der Waals surface area contributed by atoms with Crippen molar-refractivity contribution in [3.05, 3.63) is 90.0 Å². The number of rotatable bonds is 7. The number of phenols is 2. The summed E-state index contributed by atoms with van der Waals surface area (Å²) in [5, 5.41) is 25.4. The molecular weight excluding hydrogens is 422 g/mol. The minimum atomic E-state index is 0.255. The number of hydrogen-bond acceptors (Lipinski definition) is 4. The Morgan fingerprint density at radius 3 is 2.38 bits per heavy atom. The number of hydrogen-bond donors (Lipinski definition) is 3. The van der Waals surface area contributed by atoms with E-state index in [2.05, 4.69) is 35.6 Å². The van der Waals surface area contributed by atoms with Crippen molar-refractivity contribution >= 4 is 10.8 Å². The Morgan fingerprint density at radius 2 is 1.62 bits per heavy atom. The van der Waals surface area contributed by atoms with E-state index >= 15 is 0 Å². The molecule has 4 heteroatoms. The summed E-state index contributed by atoms with van der Waals surface area (Å²) in [5.74, 6) is 1.42. The van der Waals surface area contributed by atoms with Crippen LogP contribution in [-0.4, -0.2) is 29.4 Å². The summed E-state index contributed by atoms with van der Waals surface area (Å²) in [6, 6.07) is 25.9. The Bertz CT molecular complexity index is 1240. The Morgan fingerprint density at radius 1 is 0.824 bits per heavy atom. The molecule has 1 fully saturated rings. The van der Waals surface area contributed by atoms with Gasteiger partial charge in [0.15, 0.2) is 0 Å². The van der Waals surface area contributed by atoms with Gasteiger partial charge >= 0.3 is 0 Å². The molecule has 0 spiro atoms.